The molecule has 1 aromatic carbocycles. The predicted molar refractivity (Wildman–Crippen MR) is 85.4 cm³/mol. The van der Waals surface area contributed by atoms with Gasteiger partial charge in [-0.25, -0.2) is 0 Å². The average Bonchev–Trinajstić information content (AvgIpc) is 3.05. The minimum Gasteiger partial charge on any atom is -0.328 e. The number of rotatable bonds is 2. The highest BCUT2D eigenvalue weighted by molar-refractivity contribution is 5.94. The highest BCUT2D eigenvalue weighted by Gasteiger charge is 2.38. The molecule has 22 heavy (non-hydrogen) atoms. The Morgan fingerprint density at radius 3 is 2.82 bits per heavy atom. The fourth-order valence-electron chi connectivity index (χ4n) is 3.59. The summed E-state index contributed by atoms with van der Waals surface area (Å²) in [6, 6.07) is 12.5. The van der Waals surface area contributed by atoms with Crippen LogP contribution in [0.5, 0.6) is 0 Å². The van der Waals surface area contributed by atoms with E-state index in [0.717, 1.165) is 30.5 Å². The van der Waals surface area contributed by atoms with Crippen LogP contribution in [0.1, 0.15) is 29.8 Å². The van der Waals surface area contributed by atoms with E-state index in [1.807, 2.05) is 48.3 Å². The number of hydrogen-bond acceptors (Lipinski definition) is 2. The molecule has 1 saturated heterocycles. The number of hydrogen-bond donors (Lipinski definition) is 0. The summed E-state index contributed by atoms with van der Waals surface area (Å²) in [7, 11) is 1.85. The molecule has 112 valence electrons. The van der Waals surface area contributed by atoms with Crippen LogP contribution in [-0.4, -0.2) is 32.7 Å². The zero-order chi connectivity index (χ0) is 15.1. The van der Waals surface area contributed by atoms with Gasteiger partial charge in [-0.1, -0.05) is 42.5 Å². The summed E-state index contributed by atoms with van der Waals surface area (Å²) in [4.78, 5) is 15.0. The van der Waals surface area contributed by atoms with Crippen LogP contribution in [0, 0.1) is 0 Å². The van der Waals surface area contributed by atoms with E-state index in [0.29, 0.717) is 11.7 Å². The second-order valence-electron chi connectivity index (χ2n) is 6.08. The average molecular weight is 293 g/mol. The lowest BCUT2D eigenvalue weighted by molar-refractivity contribution is 0.0677. The molecule has 4 heteroatoms. The number of carbonyl (C=O) groups is 1. The molecule has 2 aliphatic heterocycles. The Hall–Kier alpha value is -2.36. The number of carbonyl (C=O) groups excluding carboxylic acids is 1. The molecule has 3 heterocycles. The van der Waals surface area contributed by atoms with Crippen molar-refractivity contribution in [3.05, 3.63) is 54.2 Å². The zero-order valence-electron chi connectivity index (χ0n) is 12.6. The molecule has 2 unspecified atom stereocenters. The molecule has 1 amide bonds. The SMILES string of the molecule is Cn1nc(-c2ccccc2)cc1C(=O)N1C2C=CCC1CC2. The molecule has 4 nitrogen and oxygen atoms in total. The van der Waals surface area contributed by atoms with Crippen LogP contribution < -0.4 is 0 Å². The van der Waals surface area contributed by atoms with Crippen LogP contribution in [0.15, 0.2) is 48.6 Å². The molecule has 2 atom stereocenters. The monoisotopic (exact) mass is 293 g/mol. The number of amides is 1. The van der Waals surface area contributed by atoms with Gasteiger partial charge in [0.25, 0.3) is 5.91 Å². The molecule has 0 saturated carbocycles. The molecule has 0 aliphatic carbocycles. The summed E-state index contributed by atoms with van der Waals surface area (Å²) >= 11 is 0. The fraction of sp³-hybridized carbons (Fsp3) is 0.333. The van der Waals surface area contributed by atoms with Crippen molar-refractivity contribution in [2.45, 2.75) is 31.3 Å². The van der Waals surface area contributed by atoms with Gasteiger partial charge >= 0.3 is 0 Å². The van der Waals surface area contributed by atoms with Gasteiger partial charge < -0.3 is 4.90 Å². The van der Waals surface area contributed by atoms with E-state index in [-0.39, 0.29) is 11.9 Å². The van der Waals surface area contributed by atoms with E-state index in [1.54, 1.807) is 4.68 Å². The smallest absolute Gasteiger partial charge is 0.272 e. The van der Waals surface area contributed by atoms with Crippen molar-refractivity contribution in [3.8, 4) is 11.3 Å². The lowest BCUT2D eigenvalue weighted by Gasteiger charge is -2.31. The highest BCUT2D eigenvalue weighted by Crippen LogP contribution is 2.33. The van der Waals surface area contributed by atoms with E-state index >= 15 is 0 Å². The summed E-state index contributed by atoms with van der Waals surface area (Å²) < 4.78 is 1.71. The Morgan fingerprint density at radius 2 is 2.05 bits per heavy atom. The minimum absolute atomic E-state index is 0.106. The lowest BCUT2D eigenvalue weighted by Crippen LogP contribution is -2.42. The van der Waals surface area contributed by atoms with Crippen molar-refractivity contribution in [1.82, 2.24) is 14.7 Å². The summed E-state index contributed by atoms with van der Waals surface area (Å²) in [5.74, 6) is 0.106. The van der Waals surface area contributed by atoms with Gasteiger partial charge in [0, 0.05) is 18.7 Å². The maximum absolute atomic E-state index is 13.0. The Labute approximate surface area is 130 Å². The molecule has 4 rings (SSSR count). The van der Waals surface area contributed by atoms with Gasteiger partial charge in [0.1, 0.15) is 5.69 Å². The van der Waals surface area contributed by atoms with Gasteiger partial charge in [-0.2, -0.15) is 5.10 Å². The van der Waals surface area contributed by atoms with Gasteiger partial charge in [-0.15, -0.1) is 0 Å². The summed E-state index contributed by atoms with van der Waals surface area (Å²) in [6.07, 6.45) is 7.55. The van der Waals surface area contributed by atoms with E-state index in [2.05, 4.69) is 17.3 Å². The van der Waals surface area contributed by atoms with Gasteiger partial charge in [0.05, 0.1) is 11.7 Å². The Balaban J connectivity index is 1.67. The normalized spacial score (nSPS) is 23.0. The molecule has 2 aliphatic rings. The number of benzene rings is 1. The third-order valence-corrected chi connectivity index (χ3v) is 4.72. The molecule has 0 spiro atoms. The molecule has 2 bridgehead atoms. The first-order chi connectivity index (χ1) is 10.7. The first-order valence-electron chi connectivity index (χ1n) is 7.83. The van der Waals surface area contributed by atoms with Crippen molar-refractivity contribution in [3.63, 3.8) is 0 Å². The van der Waals surface area contributed by atoms with Crippen LogP contribution in [0.4, 0.5) is 0 Å². The number of aromatic nitrogens is 2. The quantitative estimate of drug-likeness (QED) is 0.798. The third kappa shape index (κ3) is 2.06. The molecule has 1 aromatic heterocycles. The molecule has 2 aromatic rings. The van der Waals surface area contributed by atoms with Crippen LogP contribution in [0.2, 0.25) is 0 Å². The Kier molecular flexibility index (Phi) is 3.10. The summed E-state index contributed by atoms with van der Waals surface area (Å²) in [5, 5.41) is 4.52. The largest absolute Gasteiger partial charge is 0.328 e. The standard InChI is InChI=1S/C18H19N3O/c1-20-17(12-16(19-20)13-6-3-2-4-7-13)18(22)21-14-8-5-9-15(21)11-10-14/h2-8,12,14-15H,9-11H2,1H3. The maximum Gasteiger partial charge on any atom is 0.272 e. The maximum atomic E-state index is 13.0. The van der Waals surface area contributed by atoms with E-state index in [9.17, 15) is 4.79 Å². The van der Waals surface area contributed by atoms with Crippen molar-refractivity contribution in [2.24, 2.45) is 7.05 Å². The van der Waals surface area contributed by atoms with Crippen molar-refractivity contribution in [1.29, 1.82) is 0 Å². The topological polar surface area (TPSA) is 38.1 Å². The van der Waals surface area contributed by atoms with Gasteiger partial charge in [-0.05, 0) is 25.3 Å². The third-order valence-electron chi connectivity index (χ3n) is 4.72. The Bertz CT molecular complexity index is 732. The highest BCUT2D eigenvalue weighted by atomic mass is 16.2. The summed E-state index contributed by atoms with van der Waals surface area (Å²) in [6.45, 7) is 0. The van der Waals surface area contributed by atoms with Crippen LogP contribution in [-0.2, 0) is 7.05 Å². The second kappa shape index (κ2) is 5.13. The molecule has 1 fully saturated rings. The predicted octanol–water partition coefficient (Wildman–Crippen LogP) is 3.02. The van der Waals surface area contributed by atoms with Crippen molar-refractivity contribution >= 4 is 5.91 Å². The van der Waals surface area contributed by atoms with Gasteiger partial charge in [0.2, 0.25) is 0 Å². The van der Waals surface area contributed by atoms with Crippen molar-refractivity contribution in [2.75, 3.05) is 0 Å². The van der Waals surface area contributed by atoms with E-state index in [4.69, 9.17) is 0 Å². The molecular formula is C18H19N3O. The van der Waals surface area contributed by atoms with Crippen molar-refractivity contribution < 1.29 is 4.79 Å². The second-order valence-corrected chi connectivity index (χ2v) is 6.08. The van der Waals surface area contributed by atoms with Gasteiger partial charge in [-0.3, -0.25) is 9.48 Å². The minimum atomic E-state index is 0.106. The molecule has 0 N–H and O–H groups in total. The zero-order valence-corrected chi connectivity index (χ0v) is 12.6. The number of aryl methyl sites for hydroxylation is 1. The lowest BCUT2D eigenvalue weighted by atomic mass is 10.1. The van der Waals surface area contributed by atoms with Crippen LogP contribution in [0.25, 0.3) is 11.3 Å². The first kappa shape index (κ1) is 13.3. The Morgan fingerprint density at radius 1 is 1.23 bits per heavy atom. The molecular weight excluding hydrogens is 274 g/mol. The summed E-state index contributed by atoms with van der Waals surface area (Å²) in [5.41, 5.74) is 2.57. The van der Waals surface area contributed by atoms with Gasteiger partial charge in [0.15, 0.2) is 0 Å². The number of fused-ring (bicyclic) bond motifs is 2. The van der Waals surface area contributed by atoms with E-state index < -0.39 is 0 Å². The van der Waals surface area contributed by atoms with Crippen LogP contribution in [0.3, 0.4) is 0 Å². The number of nitrogens with zero attached hydrogens (tertiary/aromatic N) is 3. The van der Waals surface area contributed by atoms with Crippen LogP contribution >= 0.6 is 0 Å². The molecule has 0 radical (unpaired) electrons. The van der Waals surface area contributed by atoms with E-state index in [1.165, 1.54) is 0 Å². The fourth-order valence-corrected chi connectivity index (χ4v) is 3.59. The first-order valence-corrected chi connectivity index (χ1v) is 7.83.